The van der Waals surface area contributed by atoms with Gasteiger partial charge in [-0.2, -0.15) is 0 Å². The van der Waals surface area contributed by atoms with Crippen LogP contribution in [-0.4, -0.2) is 36.0 Å². The van der Waals surface area contributed by atoms with Crippen LogP contribution >= 0.6 is 0 Å². The number of urea groups is 1. The average molecular weight is 479 g/mol. The first-order valence-electron chi connectivity index (χ1n) is 13.0. The number of nitrogens with zero attached hydrogens (tertiary/aromatic N) is 2. The molecule has 1 unspecified atom stereocenters. The van der Waals surface area contributed by atoms with Gasteiger partial charge in [-0.05, 0) is 61.1 Å². The first-order valence-corrected chi connectivity index (χ1v) is 13.0. The Kier molecular flexibility index (Phi) is 6.78. The van der Waals surface area contributed by atoms with Gasteiger partial charge in [-0.15, -0.1) is 0 Å². The Hall–Kier alpha value is -2.93. The second kappa shape index (κ2) is 9.97. The minimum atomic E-state index is -0.580. The third kappa shape index (κ3) is 4.54. The van der Waals surface area contributed by atoms with E-state index in [-0.39, 0.29) is 29.8 Å². The summed E-state index contributed by atoms with van der Waals surface area (Å²) in [6, 6.07) is 14.3. The number of β-lactam (4-membered cyclic amide) rings is 1. The monoisotopic (exact) mass is 478 g/mol. The number of rotatable bonds is 4. The van der Waals surface area contributed by atoms with E-state index in [1.54, 1.807) is 12.1 Å². The van der Waals surface area contributed by atoms with Crippen LogP contribution in [0.2, 0.25) is 0 Å². The highest BCUT2D eigenvalue weighted by atomic mass is 19.1. The maximum atomic E-state index is 13.7. The molecule has 3 aliphatic rings. The van der Waals surface area contributed by atoms with E-state index in [9.17, 15) is 14.0 Å². The summed E-state index contributed by atoms with van der Waals surface area (Å²) in [5.74, 6) is -0.214. The minimum absolute atomic E-state index is 0.00826. The number of halogens is 1. The van der Waals surface area contributed by atoms with Crippen molar-refractivity contribution in [3.8, 4) is 0 Å². The molecule has 6 nitrogen and oxygen atoms in total. The maximum Gasteiger partial charge on any atom is 0.317 e. The van der Waals surface area contributed by atoms with Crippen LogP contribution < -0.4 is 16.0 Å². The molecule has 2 aromatic rings. The van der Waals surface area contributed by atoms with E-state index in [1.165, 1.54) is 37.8 Å². The van der Waals surface area contributed by atoms with Crippen LogP contribution in [0.3, 0.4) is 0 Å². The zero-order valence-corrected chi connectivity index (χ0v) is 20.2. The van der Waals surface area contributed by atoms with Crippen molar-refractivity contribution in [2.45, 2.75) is 70.0 Å². The van der Waals surface area contributed by atoms with Gasteiger partial charge in [-0.25, -0.2) is 9.18 Å². The van der Waals surface area contributed by atoms with Crippen LogP contribution in [0.4, 0.5) is 14.9 Å². The van der Waals surface area contributed by atoms with Crippen molar-refractivity contribution in [1.82, 2.24) is 10.2 Å². The lowest BCUT2D eigenvalue weighted by molar-refractivity contribution is -0.144. The zero-order valence-electron chi connectivity index (χ0n) is 20.2. The molecule has 35 heavy (non-hydrogen) atoms. The Labute approximate surface area is 206 Å². The number of carbonyl (C=O) groups is 2. The number of anilines is 1. The normalized spacial score (nSPS) is 22.6. The summed E-state index contributed by atoms with van der Waals surface area (Å²) in [6.45, 7) is 1.53. The summed E-state index contributed by atoms with van der Waals surface area (Å²) >= 11 is 0. The molecular formula is C28H35FN4O2. The fraction of sp³-hybridized carbons (Fsp3) is 0.500. The zero-order chi connectivity index (χ0) is 24.4. The number of hydrogen-bond donors (Lipinski definition) is 2. The van der Waals surface area contributed by atoms with E-state index >= 15 is 0 Å². The van der Waals surface area contributed by atoms with Gasteiger partial charge in [0.15, 0.2) is 0 Å². The van der Waals surface area contributed by atoms with Crippen molar-refractivity contribution in [2.75, 3.05) is 18.0 Å². The molecule has 3 N–H and O–H groups in total. The first-order chi connectivity index (χ1) is 17.0. The van der Waals surface area contributed by atoms with Gasteiger partial charge in [-0.3, -0.25) is 4.79 Å². The van der Waals surface area contributed by atoms with Gasteiger partial charge in [0.1, 0.15) is 5.82 Å². The minimum Gasteiger partial charge on any atom is -0.335 e. The topological polar surface area (TPSA) is 78.7 Å². The van der Waals surface area contributed by atoms with E-state index in [2.05, 4.69) is 5.32 Å². The van der Waals surface area contributed by atoms with Gasteiger partial charge >= 0.3 is 6.03 Å². The van der Waals surface area contributed by atoms with E-state index in [1.807, 2.05) is 34.1 Å². The SMILES string of the molecule is NCc1ccc(N2C(=O)C3(CCN(C(=O)NC4CCCCCC4)CC3)C2c2ccc(F)cc2)cc1. The van der Waals surface area contributed by atoms with Crippen molar-refractivity contribution in [1.29, 1.82) is 0 Å². The van der Waals surface area contributed by atoms with Gasteiger partial charge in [0.05, 0.1) is 11.5 Å². The summed E-state index contributed by atoms with van der Waals surface area (Å²) in [6.07, 6.45) is 8.13. The largest absolute Gasteiger partial charge is 0.335 e. The number of nitrogens with two attached hydrogens (primary N) is 1. The van der Waals surface area contributed by atoms with E-state index in [4.69, 9.17) is 5.73 Å². The van der Waals surface area contributed by atoms with Crippen LogP contribution in [0.25, 0.3) is 0 Å². The highest BCUT2D eigenvalue weighted by Crippen LogP contribution is 2.57. The summed E-state index contributed by atoms with van der Waals surface area (Å²) in [5, 5.41) is 3.24. The summed E-state index contributed by atoms with van der Waals surface area (Å²) in [7, 11) is 0. The van der Waals surface area contributed by atoms with Gasteiger partial charge in [0.25, 0.3) is 0 Å². The molecule has 2 heterocycles. The van der Waals surface area contributed by atoms with Gasteiger partial charge in [-0.1, -0.05) is 49.9 Å². The lowest BCUT2D eigenvalue weighted by Crippen LogP contribution is -2.67. The molecule has 3 amide bonds. The Bertz CT molecular complexity index is 1040. The van der Waals surface area contributed by atoms with Crippen LogP contribution in [0, 0.1) is 11.2 Å². The summed E-state index contributed by atoms with van der Waals surface area (Å²) in [5.41, 5.74) is 7.91. The molecule has 1 aliphatic carbocycles. The van der Waals surface area contributed by atoms with Crippen molar-refractivity contribution in [3.63, 3.8) is 0 Å². The smallest absolute Gasteiger partial charge is 0.317 e. The highest BCUT2D eigenvalue weighted by Gasteiger charge is 2.62. The number of amides is 3. The van der Waals surface area contributed by atoms with Crippen LogP contribution in [0.1, 0.15) is 68.5 Å². The van der Waals surface area contributed by atoms with Gasteiger partial charge < -0.3 is 20.9 Å². The molecule has 1 atom stereocenters. The molecule has 2 aliphatic heterocycles. The Morgan fingerprint density at radius 2 is 1.60 bits per heavy atom. The molecule has 0 radical (unpaired) electrons. The number of hydrogen-bond acceptors (Lipinski definition) is 3. The molecule has 2 saturated heterocycles. The second-order valence-electron chi connectivity index (χ2n) is 10.3. The molecule has 186 valence electrons. The fourth-order valence-corrected chi connectivity index (χ4v) is 6.11. The molecule has 1 saturated carbocycles. The lowest BCUT2D eigenvalue weighted by atomic mass is 9.62. The molecule has 5 rings (SSSR count). The fourth-order valence-electron chi connectivity index (χ4n) is 6.11. The quantitative estimate of drug-likeness (QED) is 0.485. The molecular weight excluding hydrogens is 443 g/mol. The predicted molar refractivity (Wildman–Crippen MR) is 134 cm³/mol. The summed E-state index contributed by atoms with van der Waals surface area (Å²) in [4.78, 5) is 30.4. The van der Waals surface area contributed by atoms with Gasteiger partial charge in [0.2, 0.25) is 5.91 Å². The Balaban J connectivity index is 1.33. The van der Waals surface area contributed by atoms with Crippen LogP contribution in [0.15, 0.2) is 48.5 Å². The predicted octanol–water partition coefficient (Wildman–Crippen LogP) is 4.89. The second-order valence-corrected chi connectivity index (χ2v) is 10.3. The maximum absolute atomic E-state index is 13.7. The third-order valence-electron chi connectivity index (χ3n) is 8.19. The van der Waals surface area contributed by atoms with E-state index in [0.717, 1.165) is 29.7 Å². The average Bonchev–Trinajstić information content (AvgIpc) is 3.16. The van der Waals surface area contributed by atoms with Crippen LogP contribution in [0.5, 0.6) is 0 Å². The number of benzene rings is 2. The first kappa shape index (κ1) is 23.8. The lowest BCUT2D eigenvalue weighted by Gasteiger charge is -2.59. The molecule has 1 spiro atoms. The molecule has 0 aromatic heterocycles. The highest BCUT2D eigenvalue weighted by molar-refractivity contribution is 6.06. The van der Waals surface area contributed by atoms with E-state index < -0.39 is 5.41 Å². The molecule has 7 heteroatoms. The number of nitrogens with one attached hydrogen (secondary N) is 1. The number of carbonyl (C=O) groups excluding carboxylic acids is 2. The third-order valence-corrected chi connectivity index (χ3v) is 8.19. The van der Waals surface area contributed by atoms with Crippen LogP contribution in [-0.2, 0) is 11.3 Å². The molecule has 0 bridgehead atoms. The number of piperidine rings is 1. The number of likely N-dealkylation sites (tertiary alicyclic amines) is 1. The van der Waals surface area contributed by atoms with Crippen molar-refractivity contribution in [2.24, 2.45) is 11.1 Å². The van der Waals surface area contributed by atoms with Gasteiger partial charge in [0, 0.05) is 31.4 Å². The molecule has 2 aromatic carbocycles. The Morgan fingerprint density at radius 1 is 0.971 bits per heavy atom. The Morgan fingerprint density at radius 3 is 2.20 bits per heavy atom. The van der Waals surface area contributed by atoms with Crippen molar-refractivity contribution in [3.05, 3.63) is 65.5 Å². The molecule has 3 fully saturated rings. The van der Waals surface area contributed by atoms with Crippen molar-refractivity contribution < 1.29 is 14.0 Å². The van der Waals surface area contributed by atoms with Crippen molar-refractivity contribution >= 4 is 17.6 Å². The standard InChI is InChI=1S/C28H35FN4O2/c29-22-11-9-21(10-12-22)25-28(26(34)33(25)24-13-7-20(19-30)8-14-24)15-17-32(18-16-28)27(35)31-23-5-3-1-2-4-6-23/h7-14,23,25H,1-6,15-19,30H2,(H,31,35). The van der Waals surface area contributed by atoms with E-state index in [0.29, 0.717) is 32.5 Å². The summed E-state index contributed by atoms with van der Waals surface area (Å²) < 4.78 is 13.7.